The van der Waals surface area contributed by atoms with E-state index < -0.39 is 0 Å². The van der Waals surface area contributed by atoms with Crippen molar-refractivity contribution in [2.45, 2.75) is 44.9 Å². The third-order valence-corrected chi connectivity index (χ3v) is 4.56. The van der Waals surface area contributed by atoms with E-state index in [4.69, 9.17) is 4.42 Å². The molecule has 22 heavy (non-hydrogen) atoms. The summed E-state index contributed by atoms with van der Waals surface area (Å²) in [6.07, 6.45) is 7.37. The maximum atomic E-state index is 13.0. The van der Waals surface area contributed by atoms with Crippen molar-refractivity contribution in [3.05, 3.63) is 46.1 Å². The van der Waals surface area contributed by atoms with E-state index in [0.29, 0.717) is 5.65 Å². The Morgan fingerprint density at radius 2 is 2.14 bits per heavy atom. The Bertz CT molecular complexity index is 852. The molecule has 0 unspecified atom stereocenters. The van der Waals surface area contributed by atoms with E-state index in [1.165, 1.54) is 23.8 Å². The largest absolute Gasteiger partial charge is 0.463 e. The molecule has 1 N–H and O–H groups in total. The molecule has 3 aromatic heterocycles. The van der Waals surface area contributed by atoms with Crippen molar-refractivity contribution in [1.82, 2.24) is 14.6 Å². The first-order chi connectivity index (χ1) is 10.7. The number of nitrogens with zero attached hydrogens (tertiary/aromatic N) is 2. The summed E-state index contributed by atoms with van der Waals surface area (Å²) >= 11 is 0. The standard InChI is InChI=1S/C17H19N3O2/c1-11-10-14-18-16(13-8-5-9-22-13)15(17(21)20(14)19-11)12-6-3-2-4-7-12/h5,8-10,12,18H,2-4,6-7H2,1H3. The summed E-state index contributed by atoms with van der Waals surface area (Å²) in [7, 11) is 0. The third-order valence-electron chi connectivity index (χ3n) is 4.56. The van der Waals surface area contributed by atoms with Gasteiger partial charge < -0.3 is 9.40 Å². The van der Waals surface area contributed by atoms with Gasteiger partial charge in [0.25, 0.3) is 5.56 Å². The number of furan rings is 1. The van der Waals surface area contributed by atoms with Crippen molar-refractivity contribution < 1.29 is 4.42 Å². The smallest absolute Gasteiger partial charge is 0.278 e. The molecular formula is C17H19N3O2. The molecule has 114 valence electrons. The Hall–Kier alpha value is -2.30. The van der Waals surface area contributed by atoms with Crippen molar-refractivity contribution in [1.29, 1.82) is 0 Å². The van der Waals surface area contributed by atoms with Crippen molar-refractivity contribution in [3.8, 4) is 11.5 Å². The molecule has 1 saturated carbocycles. The van der Waals surface area contributed by atoms with Crippen LogP contribution in [0.2, 0.25) is 0 Å². The van der Waals surface area contributed by atoms with Gasteiger partial charge in [-0.2, -0.15) is 9.61 Å². The van der Waals surface area contributed by atoms with Gasteiger partial charge in [-0.25, -0.2) is 0 Å². The summed E-state index contributed by atoms with van der Waals surface area (Å²) in [5, 5.41) is 4.33. The highest BCUT2D eigenvalue weighted by atomic mass is 16.3. The van der Waals surface area contributed by atoms with Gasteiger partial charge in [0.05, 0.1) is 17.7 Å². The zero-order valence-corrected chi connectivity index (χ0v) is 12.6. The highest BCUT2D eigenvalue weighted by molar-refractivity contribution is 5.61. The molecule has 3 aromatic rings. The molecular weight excluding hydrogens is 278 g/mol. The summed E-state index contributed by atoms with van der Waals surface area (Å²) in [5.74, 6) is 1.01. The summed E-state index contributed by atoms with van der Waals surface area (Å²) < 4.78 is 7.05. The van der Waals surface area contributed by atoms with E-state index in [1.54, 1.807) is 6.26 Å². The minimum absolute atomic E-state index is 0.0137. The maximum absolute atomic E-state index is 13.0. The van der Waals surface area contributed by atoms with E-state index in [1.807, 2.05) is 25.1 Å². The van der Waals surface area contributed by atoms with Gasteiger partial charge in [0.15, 0.2) is 5.76 Å². The maximum Gasteiger partial charge on any atom is 0.278 e. The molecule has 0 bridgehead atoms. The number of H-pyrrole nitrogens is 1. The zero-order chi connectivity index (χ0) is 15.1. The van der Waals surface area contributed by atoms with Crippen molar-refractivity contribution >= 4 is 5.65 Å². The van der Waals surface area contributed by atoms with Crippen molar-refractivity contribution in [3.63, 3.8) is 0 Å². The van der Waals surface area contributed by atoms with E-state index in [9.17, 15) is 4.79 Å². The van der Waals surface area contributed by atoms with Gasteiger partial charge in [0.2, 0.25) is 0 Å². The molecule has 0 atom stereocenters. The SMILES string of the molecule is Cc1cc2[nH]c(-c3ccco3)c(C3CCCCC3)c(=O)n2n1. The Kier molecular flexibility index (Phi) is 3.13. The second-order valence-electron chi connectivity index (χ2n) is 6.11. The summed E-state index contributed by atoms with van der Waals surface area (Å²) in [6, 6.07) is 5.64. The van der Waals surface area contributed by atoms with E-state index in [2.05, 4.69) is 10.1 Å². The fourth-order valence-corrected chi connectivity index (χ4v) is 3.54. The molecule has 0 aromatic carbocycles. The normalized spacial score (nSPS) is 16.4. The van der Waals surface area contributed by atoms with Crippen LogP contribution in [-0.4, -0.2) is 14.6 Å². The van der Waals surface area contributed by atoms with Gasteiger partial charge in [-0.15, -0.1) is 0 Å². The number of hydrogen-bond donors (Lipinski definition) is 1. The molecule has 1 fully saturated rings. The molecule has 0 saturated heterocycles. The fraction of sp³-hybridized carbons (Fsp3) is 0.412. The molecule has 0 radical (unpaired) electrons. The second-order valence-corrected chi connectivity index (χ2v) is 6.11. The lowest BCUT2D eigenvalue weighted by Gasteiger charge is -2.23. The van der Waals surface area contributed by atoms with Crippen LogP contribution in [0.3, 0.4) is 0 Å². The lowest BCUT2D eigenvalue weighted by molar-refractivity contribution is 0.439. The fourth-order valence-electron chi connectivity index (χ4n) is 3.54. The van der Waals surface area contributed by atoms with Crippen LogP contribution in [0.25, 0.3) is 17.1 Å². The van der Waals surface area contributed by atoms with Crippen LogP contribution in [0, 0.1) is 6.92 Å². The quantitative estimate of drug-likeness (QED) is 0.785. The van der Waals surface area contributed by atoms with Gasteiger partial charge in [0, 0.05) is 11.6 Å². The first-order valence-electron chi connectivity index (χ1n) is 7.90. The van der Waals surface area contributed by atoms with Gasteiger partial charge in [-0.3, -0.25) is 4.79 Å². The molecule has 1 aliphatic rings. The molecule has 1 aliphatic carbocycles. The molecule has 0 amide bonds. The number of hydrogen-bond acceptors (Lipinski definition) is 3. The highest BCUT2D eigenvalue weighted by Crippen LogP contribution is 2.35. The van der Waals surface area contributed by atoms with Crippen LogP contribution in [0.4, 0.5) is 0 Å². The van der Waals surface area contributed by atoms with Crippen LogP contribution in [0.15, 0.2) is 33.7 Å². The number of fused-ring (bicyclic) bond motifs is 1. The number of aromatic amines is 1. The summed E-state index contributed by atoms with van der Waals surface area (Å²) in [6.45, 7) is 1.90. The van der Waals surface area contributed by atoms with Crippen LogP contribution < -0.4 is 5.56 Å². The molecule has 3 heterocycles. The Balaban J connectivity index is 2.00. The summed E-state index contributed by atoms with van der Waals surface area (Å²) in [5.41, 5.74) is 3.17. The Morgan fingerprint density at radius 3 is 2.86 bits per heavy atom. The molecule has 0 spiro atoms. The Morgan fingerprint density at radius 1 is 1.32 bits per heavy atom. The number of aromatic nitrogens is 3. The van der Waals surface area contributed by atoms with Crippen LogP contribution in [0.5, 0.6) is 0 Å². The van der Waals surface area contributed by atoms with Crippen LogP contribution in [0.1, 0.15) is 49.3 Å². The van der Waals surface area contributed by atoms with Crippen LogP contribution >= 0.6 is 0 Å². The van der Waals surface area contributed by atoms with E-state index in [0.717, 1.165) is 35.6 Å². The minimum atomic E-state index is -0.0137. The molecule has 5 heteroatoms. The van der Waals surface area contributed by atoms with Gasteiger partial charge in [0.1, 0.15) is 5.65 Å². The predicted molar refractivity (Wildman–Crippen MR) is 84.1 cm³/mol. The van der Waals surface area contributed by atoms with Gasteiger partial charge >= 0.3 is 0 Å². The first-order valence-corrected chi connectivity index (χ1v) is 7.90. The number of aryl methyl sites for hydroxylation is 1. The zero-order valence-electron chi connectivity index (χ0n) is 12.6. The van der Waals surface area contributed by atoms with Crippen LogP contribution in [-0.2, 0) is 0 Å². The van der Waals surface area contributed by atoms with Gasteiger partial charge in [-0.05, 0) is 37.8 Å². The van der Waals surface area contributed by atoms with Crippen molar-refractivity contribution in [2.75, 3.05) is 0 Å². The van der Waals surface area contributed by atoms with E-state index >= 15 is 0 Å². The van der Waals surface area contributed by atoms with Gasteiger partial charge in [-0.1, -0.05) is 19.3 Å². The topological polar surface area (TPSA) is 63.3 Å². The molecule has 4 rings (SSSR count). The first kappa shape index (κ1) is 13.4. The third kappa shape index (κ3) is 2.08. The van der Waals surface area contributed by atoms with Crippen molar-refractivity contribution in [2.24, 2.45) is 0 Å². The predicted octanol–water partition coefficient (Wildman–Crippen LogP) is 3.64. The lowest BCUT2D eigenvalue weighted by Crippen LogP contribution is -2.25. The summed E-state index contributed by atoms with van der Waals surface area (Å²) in [4.78, 5) is 16.4. The molecule has 0 aliphatic heterocycles. The molecule has 5 nitrogen and oxygen atoms in total. The highest BCUT2D eigenvalue weighted by Gasteiger charge is 2.25. The number of rotatable bonds is 2. The van der Waals surface area contributed by atoms with E-state index in [-0.39, 0.29) is 11.5 Å². The Labute approximate surface area is 128 Å². The lowest BCUT2D eigenvalue weighted by atomic mass is 9.83. The second kappa shape index (κ2) is 5.16. The minimum Gasteiger partial charge on any atom is -0.463 e. The average molecular weight is 297 g/mol. The number of nitrogens with one attached hydrogen (secondary N) is 1. The monoisotopic (exact) mass is 297 g/mol. The average Bonchev–Trinajstić information content (AvgIpc) is 3.17.